The molecular formula is C13H19NO2. The van der Waals surface area contributed by atoms with Crippen LogP contribution in [0.5, 0.6) is 0 Å². The summed E-state index contributed by atoms with van der Waals surface area (Å²) in [7, 11) is 0. The fraction of sp³-hybridized carbons (Fsp3) is 0.769. The number of carbonyl (C=O) groups is 2. The molecule has 1 unspecified atom stereocenters. The van der Waals surface area contributed by atoms with Gasteiger partial charge >= 0.3 is 0 Å². The lowest BCUT2D eigenvalue weighted by Crippen LogP contribution is -2.41. The minimum Gasteiger partial charge on any atom is -0.298 e. The van der Waals surface area contributed by atoms with E-state index in [1.54, 1.807) is 0 Å². The first-order chi connectivity index (χ1) is 7.39. The van der Waals surface area contributed by atoms with Gasteiger partial charge in [0.25, 0.3) is 0 Å². The molecule has 88 valence electrons. The maximum atomic E-state index is 12.0. The highest BCUT2D eigenvalue weighted by atomic mass is 16.2. The molecule has 0 aromatic carbocycles. The van der Waals surface area contributed by atoms with Crippen LogP contribution in [0.4, 0.5) is 0 Å². The molecule has 0 aromatic heterocycles. The lowest BCUT2D eigenvalue weighted by atomic mass is 9.70. The predicted octanol–water partition coefficient (Wildman–Crippen LogP) is 2.18. The third kappa shape index (κ3) is 2.08. The first-order valence-corrected chi connectivity index (χ1v) is 6.01. The molecule has 1 aliphatic carbocycles. The first kappa shape index (κ1) is 11.5. The maximum absolute atomic E-state index is 12.0. The van der Waals surface area contributed by atoms with Crippen molar-refractivity contribution in [3.63, 3.8) is 0 Å². The van der Waals surface area contributed by atoms with Crippen LogP contribution < -0.4 is 0 Å². The summed E-state index contributed by atoms with van der Waals surface area (Å²) in [4.78, 5) is 28.5. The highest BCUT2D eigenvalue weighted by Crippen LogP contribution is 2.36. The van der Waals surface area contributed by atoms with E-state index in [9.17, 15) is 9.59 Å². The number of ketones is 2. The van der Waals surface area contributed by atoms with E-state index in [1.807, 2.05) is 20.8 Å². The van der Waals surface area contributed by atoms with Crippen molar-refractivity contribution in [2.24, 2.45) is 16.3 Å². The molecule has 1 aliphatic heterocycles. The molecule has 2 aliphatic rings. The van der Waals surface area contributed by atoms with Crippen molar-refractivity contribution in [2.75, 3.05) is 0 Å². The van der Waals surface area contributed by atoms with Gasteiger partial charge in [-0.25, -0.2) is 0 Å². The Morgan fingerprint density at radius 2 is 1.75 bits per heavy atom. The summed E-state index contributed by atoms with van der Waals surface area (Å²) in [5.74, 6) is -0.346. The molecule has 3 nitrogen and oxygen atoms in total. The fourth-order valence-corrected chi connectivity index (χ4v) is 2.75. The Kier molecular flexibility index (Phi) is 2.72. The van der Waals surface area contributed by atoms with Gasteiger partial charge in [0.1, 0.15) is 17.5 Å². The second-order valence-electron chi connectivity index (χ2n) is 5.89. The van der Waals surface area contributed by atoms with Crippen LogP contribution in [0.25, 0.3) is 0 Å². The van der Waals surface area contributed by atoms with Crippen LogP contribution in [-0.4, -0.2) is 23.3 Å². The molecule has 0 spiro atoms. The molecule has 16 heavy (non-hydrogen) atoms. The van der Waals surface area contributed by atoms with Crippen LogP contribution in [0.3, 0.4) is 0 Å². The minimum atomic E-state index is -0.502. The number of nitrogens with zero attached hydrogens (tertiary/aromatic N) is 1. The van der Waals surface area contributed by atoms with Gasteiger partial charge in [-0.05, 0) is 25.2 Å². The number of hydrogen-bond acceptors (Lipinski definition) is 3. The molecule has 1 saturated carbocycles. The Hall–Kier alpha value is -0.990. The summed E-state index contributed by atoms with van der Waals surface area (Å²) in [5.41, 5.74) is 0.688. The molecule has 1 fully saturated rings. The second kappa shape index (κ2) is 3.79. The van der Waals surface area contributed by atoms with Crippen LogP contribution in [-0.2, 0) is 9.59 Å². The standard InChI is InChI=1S/C13H19NO2/c1-8-4-5-9(14-8)12-10(15)6-13(2,3)7-11(12)16/h8,12H,4-7H2,1-3H3. The number of hydrogen-bond donors (Lipinski definition) is 0. The molecule has 0 saturated heterocycles. The summed E-state index contributed by atoms with van der Waals surface area (Å²) in [6.07, 6.45) is 2.83. The van der Waals surface area contributed by atoms with Gasteiger partial charge in [0, 0.05) is 24.6 Å². The van der Waals surface area contributed by atoms with Crippen molar-refractivity contribution in [1.29, 1.82) is 0 Å². The number of Topliss-reactive ketones (excluding diaryl/α,β-unsaturated/α-hetero) is 2. The molecule has 1 atom stereocenters. The molecule has 0 radical (unpaired) electrons. The van der Waals surface area contributed by atoms with Gasteiger partial charge in [0.2, 0.25) is 0 Å². The van der Waals surface area contributed by atoms with Crippen LogP contribution in [0, 0.1) is 11.3 Å². The molecule has 2 rings (SSSR count). The quantitative estimate of drug-likeness (QED) is 0.637. The van der Waals surface area contributed by atoms with Crippen molar-refractivity contribution >= 4 is 17.3 Å². The Morgan fingerprint density at radius 1 is 1.19 bits per heavy atom. The van der Waals surface area contributed by atoms with Crippen molar-refractivity contribution < 1.29 is 9.59 Å². The lowest BCUT2D eigenvalue weighted by Gasteiger charge is -2.32. The minimum absolute atomic E-state index is 0.0779. The molecule has 0 bridgehead atoms. The van der Waals surface area contributed by atoms with Crippen LogP contribution >= 0.6 is 0 Å². The van der Waals surface area contributed by atoms with Gasteiger partial charge < -0.3 is 0 Å². The summed E-state index contributed by atoms with van der Waals surface area (Å²) in [6, 6.07) is 0.283. The average molecular weight is 221 g/mol. The zero-order valence-electron chi connectivity index (χ0n) is 10.2. The summed E-state index contributed by atoms with van der Waals surface area (Å²) >= 11 is 0. The number of aliphatic imine (C=N–C) groups is 1. The van der Waals surface area contributed by atoms with E-state index >= 15 is 0 Å². The van der Waals surface area contributed by atoms with Crippen molar-refractivity contribution in [1.82, 2.24) is 0 Å². The zero-order valence-corrected chi connectivity index (χ0v) is 10.2. The monoisotopic (exact) mass is 221 g/mol. The van der Waals surface area contributed by atoms with E-state index in [0.717, 1.165) is 18.6 Å². The Balaban J connectivity index is 2.20. The topological polar surface area (TPSA) is 46.5 Å². The van der Waals surface area contributed by atoms with Crippen molar-refractivity contribution in [2.45, 2.75) is 52.5 Å². The highest BCUT2D eigenvalue weighted by Gasteiger charge is 2.42. The van der Waals surface area contributed by atoms with Gasteiger partial charge in [0.15, 0.2) is 0 Å². The van der Waals surface area contributed by atoms with Crippen molar-refractivity contribution in [3.8, 4) is 0 Å². The van der Waals surface area contributed by atoms with Crippen molar-refractivity contribution in [3.05, 3.63) is 0 Å². The van der Waals surface area contributed by atoms with Gasteiger partial charge in [-0.15, -0.1) is 0 Å². The maximum Gasteiger partial charge on any atom is 0.149 e. The smallest absolute Gasteiger partial charge is 0.149 e. The average Bonchev–Trinajstić information content (AvgIpc) is 2.47. The van der Waals surface area contributed by atoms with E-state index in [-0.39, 0.29) is 23.0 Å². The molecule has 0 N–H and O–H groups in total. The molecule has 1 heterocycles. The predicted molar refractivity (Wildman–Crippen MR) is 62.7 cm³/mol. The summed E-state index contributed by atoms with van der Waals surface area (Å²) in [6.45, 7) is 6.00. The normalized spacial score (nSPS) is 30.7. The van der Waals surface area contributed by atoms with Crippen LogP contribution in [0.15, 0.2) is 4.99 Å². The third-order valence-corrected chi connectivity index (χ3v) is 3.49. The number of carbonyl (C=O) groups excluding carboxylic acids is 2. The highest BCUT2D eigenvalue weighted by molar-refractivity contribution is 6.22. The SMILES string of the molecule is CC1CCC(C2C(=O)CC(C)(C)CC2=O)=N1. The fourth-order valence-electron chi connectivity index (χ4n) is 2.75. The summed E-state index contributed by atoms with van der Waals surface area (Å²) < 4.78 is 0. The van der Waals surface area contributed by atoms with Crippen LogP contribution in [0.1, 0.15) is 46.5 Å². The largest absolute Gasteiger partial charge is 0.298 e. The third-order valence-electron chi connectivity index (χ3n) is 3.49. The molecule has 3 heteroatoms. The van der Waals surface area contributed by atoms with Crippen LogP contribution in [0.2, 0.25) is 0 Å². The zero-order chi connectivity index (χ0) is 11.9. The van der Waals surface area contributed by atoms with E-state index < -0.39 is 5.92 Å². The molecule has 0 amide bonds. The lowest BCUT2D eigenvalue weighted by molar-refractivity contribution is -0.136. The Morgan fingerprint density at radius 3 is 2.19 bits per heavy atom. The van der Waals surface area contributed by atoms with E-state index in [2.05, 4.69) is 4.99 Å². The first-order valence-electron chi connectivity index (χ1n) is 6.01. The van der Waals surface area contributed by atoms with Gasteiger partial charge in [-0.1, -0.05) is 13.8 Å². The van der Waals surface area contributed by atoms with Gasteiger partial charge in [-0.3, -0.25) is 14.6 Å². The van der Waals surface area contributed by atoms with Gasteiger partial charge in [-0.2, -0.15) is 0 Å². The second-order valence-corrected chi connectivity index (χ2v) is 5.89. The molecular weight excluding hydrogens is 202 g/mol. The van der Waals surface area contributed by atoms with E-state index in [0.29, 0.717) is 12.8 Å². The Labute approximate surface area is 96.3 Å². The number of rotatable bonds is 1. The van der Waals surface area contributed by atoms with E-state index in [4.69, 9.17) is 0 Å². The Bertz CT molecular complexity index is 348. The molecule has 0 aromatic rings. The van der Waals surface area contributed by atoms with Gasteiger partial charge in [0.05, 0.1) is 0 Å². The van der Waals surface area contributed by atoms with E-state index in [1.165, 1.54) is 0 Å². The summed E-state index contributed by atoms with van der Waals surface area (Å²) in [5, 5.41) is 0.